The molecule has 0 aliphatic carbocycles. The standard InChI is InChI=1S/C19H26IN3O7/c20-13-6-4-12(5-7-13)11-21-10-2-1-3-14(17(26)27)22-19(30)23-15(18(28)29)8-9-16(24)25/h4-7,14-15,21H,1-3,8-11H2,(H,24,25)(H,26,27)(H,28,29)(H2,22,23,30)/t14?,15-/m0/s1. The molecule has 11 heteroatoms. The van der Waals surface area contributed by atoms with Crippen LogP contribution in [-0.4, -0.2) is 57.9 Å². The number of aliphatic carboxylic acids is 3. The zero-order valence-corrected chi connectivity index (χ0v) is 18.4. The number of nitrogens with one attached hydrogen (secondary N) is 3. The Morgan fingerprint density at radius 1 is 0.867 bits per heavy atom. The van der Waals surface area contributed by atoms with Gasteiger partial charge in [-0.2, -0.15) is 0 Å². The molecule has 6 N–H and O–H groups in total. The van der Waals surface area contributed by atoms with E-state index in [0.717, 1.165) is 9.13 Å². The summed E-state index contributed by atoms with van der Waals surface area (Å²) < 4.78 is 1.16. The van der Waals surface area contributed by atoms with Crippen LogP contribution in [0.25, 0.3) is 0 Å². The number of amides is 2. The molecule has 1 unspecified atom stereocenters. The minimum Gasteiger partial charge on any atom is -0.481 e. The molecule has 0 fully saturated rings. The SMILES string of the molecule is O=C(O)CC[C@H](NC(=O)NC(CCCCNCc1ccc(I)cc1)C(=O)O)C(=O)O. The zero-order valence-electron chi connectivity index (χ0n) is 16.3. The van der Waals surface area contributed by atoms with Gasteiger partial charge >= 0.3 is 23.9 Å². The van der Waals surface area contributed by atoms with E-state index < -0.39 is 42.4 Å². The van der Waals surface area contributed by atoms with Gasteiger partial charge in [-0.25, -0.2) is 14.4 Å². The van der Waals surface area contributed by atoms with Crippen LogP contribution in [0.4, 0.5) is 4.79 Å². The van der Waals surface area contributed by atoms with Gasteiger partial charge in [0.1, 0.15) is 12.1 Å². The molecular weight excluding hydrogens is 509 g/mol. The minimum absolute atomic E-state index is 0.181. The summed E-state index contributed by atoms with van der Waals surface area (Å²) in [5, 5.41) is 34.5. The highest BCUT2D eigenvalue weighted by Gasteiger charge is 2.24. The van der Waals surface area contributed by atoms with E-state index in [1.165, 1.54) is 0 Å². The molecule has 1 aromatic carbocycles. The first kappa shape index (κ1) is 25.6. The van der Waals surface area contributed by atoms with Crippen molar-refractivity contribution in [1.29, 1.82) is 0 Å². The fourth-order valence-electron chi connectivity index (χ4n) is 2.57. The third kappa shape index (κ3) is 11.0. The smallest absolute Gasteiger partial charge is 0.326 e. The number of carboxylic acid groups (broad SMARTS) is 3. The quantitative estimate of drug-likeness (QED) is 0.155. The molecule has 0 bridgehead atoms. The van der Waals surface area contributed by atoms with Crippen molar-refractivity contribution in [2.75, 3.05) is 6.54 Å². The first-order valence-electron chi connectivity index (χ1n) is 9.38. The monoisotopic (exact) mass is 535 g/mol. The summed E-state index contributed by atoms with van der Waals surface area (Å²) >= 11 is 2.23. The summed E-state index contributed by atoms with van der Waals surface area (Å²) in [7, 11) is 0. The van der Waals surface area contributed by atoms with E-state index in [1.54, 1.807) is 0 Å². The Morgan fingerprint density at radius 3 is 1.97 bits per heavy atom. The second-order valence-corrected chi connectivity index (χ2v) is 7.88. The summed E-state index contributed by atoms with van der Waals surface area (Å²) in [5.41, 5.74) is 1.15. The summed E-state index contributed by atoms with van der Waals surface area (Å²) in [6.45, 7) is 1.38. The van der Waals surface area contributed by atoms with Crippen LogP contribution in [0.3, 0.4) is 0 Å². The predicted octanol–water partition coefficient (Wildman–Crippen LogP) is 1.62. The Morgan fingerprint density at radius 2 is 1.43 bits per heavy atom. The number of carboxylic acids is 3. The fraction of sp³-hybridized carbons (Fsp3) is 0.474. The lowest BCUT2D eigenvalue weighted by molar-refractivity contribution is -0.140. The molecular formula is C19H26IN3O7. The summed E-state index contributed by atoms with van der Waals surface area (Å²) in [4.78, 5) is 44.9. The molecule has 2 atom stereocenters. The first-order chi connectivity index (χ1) is 14.2. The summed E-state index contributed by atoms with van der Waals surface area (Å²) in [6.07, 6.45) is 0.684. The topological polar surface area (TPSA) is 165 Å². The molecule has 30 heavy (non-hydrogen) atoms. The average Bonchev–Trinajstić information content (AvgIpc) is 2.67. The van der Waals surface area contributed by atoms with Gasteiger partial charge in [0.15, 0.2) is 0 Å². The van der Waals surface area contributed by atoms with Gasteiger partial charge in [0.2, 0.25) is 0 Å². The van der Waals surface area contributed by atoms with Crippen LogP contribution in [0, 0.1) is 3.57 Å². The van der Waals surface area contributed by atoms with Crippen LogP contribution in [0.2, 0.25) is 0 Å². The maximum atomic E-state index is 11.9. The number of benzene rings is 1. The normalized spacial score (nSPS) is 12.6. The first-order valence-corrected chi connectivity index (χ1v) is 10.5. The average molecular weight is 535 g/mol. The van der Waals surface area contributed by atoms with E-state index in [-0.39, 0.29) is 12.8 Å². The molecule has 0 aliphatic rings. The van der Waals surface area contributed by atoms with Crippen LogP contribution in [0.15, 0.2) is 24.3 Å². The van der Waals surface area contributed by atoms with Gasteiger partial charge in [-0.05, 0) is 72.5 Å². The third-order valence-electron chi connectivity index (χ3n) is 4.19. The van der Waals surface area contributed by atoms with Crippen molar-refractivity contribution in [1.82, 2.24) is 16.0 Å². The number of unbranched alkanes of at least 4 members (excludes halogenated alkanes) is 1. The predicted molar refractivity (Wildman–Crippen MR) is 116 cm³/mol. The van der Waals surface area contributed by atoms with Gasteiger partial charge in [0, 0.05) is 16.5 Å². The number of halogens is 1. The molecule has 0 spiro atoms. The van der Waals surface area contributed by atoms with Gasteiger partial charge in [0.05, 0.1) is 0 Å². The number of rotatable bonds is 14. The van der Waals surface area contributed by atoms with Crippen molar-refractivity contribution in [3.63, 3.8) is 0 Å². The number of hydrogen-bond acceptors (Lipinski definition) is 5. The van der Waals surface area contributed by atoms with Gasteiger partial charge in [-0.1, -0.05) is 12.1 Å². The molecule has 0 saturated heterocycles. The largest absolute Gasteiger partial charge is 0.481 e. The van der Waals surface area contributed by atoms with Crippen LogP contribution in [0.5, 0.6) is 0 Å². The van der Waals surface area contributed by atoms with Gasteiger partial charge in [0.25, 0.3) is 0 Å². The van der Waals surface area contributed by atoms with E-state index >= 15 is 0 Å². The van der Waals surface area contributed by atoms with Crippen molar-refractivity contribution in [3.05, 3.63) is 33.4 Å². The molecule has 0 aromatic heterocycles. The molecule has 0 saturated carbocycles. The van der Waals surface area contributed by atoms with Gasteiger partial charge in [-0.3, -0.25) is 4.79 Å². The highest BCUT2D eigenvalue weighted by Crippen LogP contribution is 2.07. The third-order valence-corrected chi connectivity index (χ3v) is 4.91. The Hall–Kier alpha value is -2.41. The Balaban J connectivity index is 2.34. The zero-order chi connectivity index (χ0) is 22.5. The van der Waals surface area contributed by atoms with E-state index in [1.807, 2.05) is 24.3 Å². The molecule has 0 radical (unpaired) electrons. The van der Waals surface area contributed by atoms with E-state index in [2.05, 4.69) is 38.5 Å². The minimum atomic E-state index is -1.42. The van der Waals surface area contributed by atoms with E-state index in [0.29, 0.717) is 25.9 Å². The maximum Gasteiger partial charge on any atom is 0.326 e. The molecule has 1 rings (SSSR count). The maximum absolute atomic E-state index is 11.9. The van der Waals surface area contributed by atoms with Crippen molar-refractivity contribution in [3.8, 4) is 0 Å². The van der Waals surface area contributed by atoms with Crippen molar-refractivity contribution >= 4 is 46.5 Å². The Bertz CT molecular complexity index is 727. The second kappa shape index (κ2) is 13.7. The summed E-state index contributed by atoms with van der Waals surface area (Å²) in [6, 6.07) is 4.54. The fourth-order valence-corrected chi connectivity index (χ4v) is 2.93. The Labute approximate surface area is 187 Å². The van der Waals surface area contributed by atoms with Crippen LogP contribution < -0.4 is 16.0 Å². The number of carbonyl (C=O) groups excluding carboxylic acids is 1. The van der Waals surface area contributed by atoms with Gasteiger partial charge < -0.3 is 31.3 Å². The van der Waals surface area contributed by atoms with Crippen LogP contribution in [-0.2, 0) is 20.9 Å². The van der Waals surface area contributed by atoms with E-state index in [9.17, 15) is 24.3 Å². The van der Waals surface area contributed by atoms with Crippen LogP contribution in [0.1, 0.15) is 37.7 Å². The molecule has 2 amide bonds. The number of urea groups is 1. The molecule has 0 aliphatic heterocycles. The molecule has 166 valence electrons. The van der Waals surface area contributed by atoms with Crippen molar-refractivity contribution in [2.24, 2.45) is 0 Å². The highest BCUT2D eigenvalue weighted by atomic mass is 127. The molecule has 0 heterocycles. The lowest BCUT2D eigenvalue weighted by Crippen LogP contribution is -2.51. The summed E-state index contributed by atoms with van der Waals surface area (Å²) in [5.74, 6) is -3.81. The molecule has 1 aromatic rings. The van der Waals surface area contributed by atoms with Crippen molar-refractivity contribution < 1.29 is 34.5 Å². The Kier molecular flexibility index (Phi) is 11.7. The molecule has 10 nitrogen and oxygen atoms in total. The van der Waals surface area contributed by atoms with E-state index in [4.69, 9.17) is 10.2 Å². The van der Waals surface area contributed by atoms with Gasteiger partial charge in [-0.15, -0.1) is 0 Å². The lowest BCUT2D eigenvalue weighted by Gasteiger charge is -2.18. The number of carbonyl (C=O) groups is 4. The highest BCUT2D eigenvalue weighted by molar-refractivity contribution is 14.1. The van der Waals surface area contributed by atoms with Crippen molar-refractivity contribution in [2.45, 2.75) is 50.7 Å². The number of hydrogen-bond donors (Lipinski definition) is 6. The second-order valence-electron chi connectivity index (χ2n) is 6.63. The lowest BCUT2D eigenvalue weighted by atomic mass is 10.1. The van der Waals surface area contributed by atoms with Crippen LogP contribution >= 0.6 is 22.6 Å².